The van der Waals surface area contributed by atoms with Gasteiger partial charge >= 0.3 is 0 Å². The Morgan fingerprint density at radius 3 is 2.24 bits per heavy atom. The number of anilines is 3. The lowest BCUT2D eigenvalue weighted by molar-refractivity contribution is 0.477. The van der Waals surface area contributed by atoms with Gasteiger partial charge < -0.3 is 9.64 Å². The molecule has 9 rings (SSSR count). The van der Waals surface area contributed by atoms with Crippen molar-refractivity contribution < 1.29 is 4.74 Å². The van der Waals surface area contributed by atoms with Gasteiger partial charge in [0, 0.05) is 28.0 Å². The second kappa shape index (κ2) is 8.81. The number of benzene rings is 5. The first-order valence-electron chi connectivity index (χ1n) is 13.9. The maximum atomic E-state index is 6.43. The summed E-state index contributed by atoms with van der Waals surface area (Å²) in [5, 5.41) is 8.19. The smallest absolute Gasteiger partial charge is 0.151 e. The zero-order valence-electron chi connectivity index (χ0n) is 22.4. The monoisotopic (exact) mass is 541 g/mol. The summed E-state index contributed by atoms with van der Waals surface area (Å²) in [6, 6.07) is 43.9. The molecule has 3 aromatic heterocycles. The highest BCUT2D eigenvalue weighted by Crippen LogP contribution is 2.51. The zero-order chi connectivity index (χ0) is 27.6. The molecule has 5 aromatic carbocycles. The van der Waals surface area contributed by atoms with Crippen molar-refractivity contribution in [1.29, 1.82) is 0 Å². The largest absolute Gasteiger partial charge is 0.453 e. The molecule has 0 unspecified atom stereocenters. The van der Waals surface area contributed by atoms with Crippen LogP contribution < -0.4 is 9.64 Å². The number of fused-ring (bicyclic) bond motifs is 6. The van der Waals surface area contributed by atoms with E-state index in [2.05, 4.69) is 94.4 Å². The molecule has 1 aliphatic heterocycles. The average Bonchev–Trinajstić information content (AvgIpc) is 3.63. The van der Waals surface area contributed by atoms with Crippen molar-refractivity contribution in [3.8, 4) is 23.0 Å². The maximum Gasteiger partial charge on any atom is 0.151 e. The minimum absolute atomic E-state index is 0.791. The Bertz CT molecular complexity index is 2300. The molecule has 0 spiro atoms. The van der Waals surface area contributed by atoms with Gasteiger partial charge in [0.15, 0.2) is 11.5 Å². The molecular weight excluding hydrogens is 518 g/mol. The van der Waals surface area contributed by atoms with Gasteiger partial charge in [-0.15, -0.1) is 0 Å². The van der Waals surface area contributed by atoms with Crippen LogP contribution in [0.4, 0.5) is 17.1 Å². The van der Waals surface area contributed by atoms with Crippen LogP contribution in [-0.4, -0.2) is 19.3 Å². The van der Waals surface area contributed by atoms with E-state index in [1.165, 1.54) is 10.8 Å². The molecule has 198 valence electrons. The van der Waals surface area contributed by atoms with Crippen molar-refractivity contribution in [1.82, 2.24) is 19.3 Å². The molecule has 0 radical (unpaired) electrons. The fraction of sp³-hybridized carbons (Fsp3) is 0. The van der Waals surface area contributed by atoms with Gasteiger partial charge in [-0.25, -0.2) is 9.67 Å². The van der Waals surface area contributed by atoms with Crippen LogP contribution in [0.2, 0.25) is 0 Å². The number of para-hydroxylation sites is 4. The second-order valence-corrected chi connectivity index (χ2v) is 10.4. The van der Waals surface area contributed by atoms with E-state index < -0.39 is 0 Å². The predicted molar refractivity (Wildman–Crippen MR) is 168 cm³/mol. The Hall–Kier alpha value is -5.88. The molecule has 0 N–H and O–H groups in total. The summed E-state index contributed by atoms with van der Waals surface area (Å²) in [5.41, 5.74) is 7.19. The van der Waals surface area contributed by atoms with E-state index in [9.17, 15) is 0 Å². The highest BCUT2D eigenvalue weighted by Gasteiger charge is 2.27. The number of hydrogen-bond donors (Lipinski definition) is 0. The molecule has 0 bridgehead atoms. The van der Waals surface area contributed by atoms with E-state index in [4.69, 9.17) is 14.8 Å². The highest BCUT2D eigenvalue weighted by atomic mass is 16.5. The summed E-state index contributed by atoms with van der Waals surface area (Å²) in [6.07, 6.45) is 3.75. The lowest BCUT2D eigenvalue weighted by atomic mass is 10.1. The average molecular weight is 542 g/mol. The van der Waals surface area contributed by atoms with E-state index in [1.807, 2.05) is 59.5 Å². The lowest BCUT2D eigenvalue weighted by Gasteiger charge is -2.33. The Labute approximate surface area is 241 Å². The summed E-state index contributed by atoms with van der Waals surface area (Å²) in [7, 11) is 0. The van der Waals surface area contributed by atoms with Gasteiger partial charge in [-0.1, -0.05) is 60.7 Å². The Kier molecular flexibility index (Phi) is 4.80. The van der Waals surface area contributed by atoms with Crippen molar-refractivity contribution in [3.05, 3.63) is 140 Å². The molecule has 4 heterocycles. The summed E-state index contributed by atoms with van der Waals surface area (Å²) in [4.78, 5) is 7.00. The first-order valence-corrected chi connectivity index (χ1v) is 13.9. The van der Waals surface area contributed by atoms with E-state index >= 15 is 0 Å². The van der Waals surface area contributed by atoms with Crippen molar-refractivity contribution >= 4 is 49.8 Å². The van der Waals surface area contributed by atoms with E-state index in [1.54, 1.807) is 0 Å². The fourth-order valence-electron chi connectivity index (χ4n) is 6.16. The van der Waals surface area contributed by atoms with Crippen LogP contribution in [0.25, 0.3) is 44.2 Å². The number of pyridine rings is 1. The van der Waals surface area contributed by atoms with E-state index in [0.717, 1.165) is 62.0 Å². The molecule has 8 aromatic rings. The summed E-state index contributed by atoms with van der Waals surface area (Å²) < 4.78 is 10.7. The standard InChI is InChI=1S/C36H23N5O/c1-3-11-29-24(9-1)23-38-41(29)26-17-19-35-33(22-26)39(31-13-5-6-14-34(31)42-35)25-16-18-28-27-10-2-4-12-30(27)40(32(28)21-25)36-15-7-8-20-37-36/h1-23H. The topological polar surface area (TPSA) is 48.1 Å². The normalized spacial score (nSPS) is 12.4. The third-order valence-electron chi connectivity index (χ3n) is 8.03. The fourth-order valence-corrected chi connectivity index (χ4v) is 6.16. The van der Waals surface area contributed by atoms with Gasteiger partial charge in [0.1, 0.15) is 5.82 Å². The molecule has 0 fully saturated rings. The summed E-state index contributed by atoms with van der Waals surface area (Å²) in [5.74, 6) is 2.49. The maximum absolute atomic E-state index is 6.43. The molecule has 6 nitrogen and oxygen atoms in total. The van der Waals surface area contributed by atoms with Gasteiger partial charge in [-0.2, -0.15) is 5.10 Å². The Morgan fingerprint density at radius 1 is 0.548 bits per heavy atom. The van der Waals surface area contributed by atoms with Crippen molar-refractivity contribution in [3.63, 3.8) is 0 Å². The molecule has 0 amide bonds. The number of rotatable bonds is 3. The van der Waals surface area contributed by atoms with Crippen molar-refractivity contribution in [2.24, 2.45) is 0 Å². The molecule has 0 saturated heterocycles. The zero-order valence-corrected chi connectivity index (χ0v) is 22.4. The van der Waals surface area contributed by atoms with Crippen LogP contribution in [0.1, 0.15) is 0 Å². The lowest BCUT2D eigenvalue weighted by Crippen LogP contribution is -2.16. The van der Waals surface area contributed by atoms with Gasteiger partial charge in [-0.05, 0) is 66.7 Å². The van der Waals surface area contributed by atoms with E-state index in [-0.39, 0.29) is 0 Å². The highest BCUT2D eigenvalue weighted by molar-refractivity contribution is 6.10. The van der Waals surface area contributed by atoms with Crippen molar-refractivity contribution in [2.45, 2.75) is 0 Å². The molecule has 1 aliphatic rings. The second-order valence-electron chi connectivity index (χ2n) is 10.4. The van der Waals surface area contributed by atoms with Crippen LogP contribution in [0.3, 0.4) is 0 Å². The molecule has 6 heteroatoms. The van der Waals surface area contributed by atoms with Crippen LogP contribution in [0, 0.1) is 0 Å². The quantitative estimate of drug-likeness (QED) is 0.224. The van der Waals surface area contributed by atoms with Gasteiger partial charge in [0.25, 0.3) is 0 Å². The minimum Gasteiger partial charge on any atom is -0.453 e. The minimum atomic E-state index is 0.791. The van der Waals surface area contributed by atoms with Gasteiger partial charge in [0.05, 0.1) is 39.8 Å². The van der Waals surface area contributed by atoms with Crippen LogP contribution in [-0.2, 0) is 0 Å². The first kappa shape index (κ1) is 22.9. The summed E-state index contributed by atoms with van der Waals surface area (Å²) in [6.45, 7) is 0. The molecule has 0 aliphatic carbocycles. The number of ether oxygens (including phenoxy) is 1. The number of hydrogen-bond acceptors (Lipinski definition) is 4. The number of nitrogens with zero attached hydrogens (tertiary/aromatic N) is 5. The third kappa shape index (κ3) is 3.32. The van der Waals surface area contributed by atoms with E-state index in [0.29, 0.717) is 0 Å². The molecule has 42 heavy (non-hydrogen) atoms. The van der Waals surface area contributed by atoms with Gasteiger partial charge in [0.2, 0.25) is 0 Å². The van der Waals surface area contributed by atoms with Crippen LogP contribution in [0.5, 0.6) is 11.5 Å². The van der Waals surface area contributed by atoms with Crippen LogP contribution in [0.15, 0.2) is 140 Å². The van der Waals surface area contributed by atoms with Crippen LogP contribution >= 0.6 is 0 Å². The third-order valence-corrected chi connectivity index (χ3v) is 8.03. The predicted octanol–water partition coefficient (Wildman–Crippen LogP) is 9.09. The molecule has 0 saturated carbocycles. The Morgan fingerprint density at radius 2 is 1.31 bits per heavy atom. The first-order chi connectivity index (χ1) is 20.8. The molecular formula is C36H23N5O. The summed E-state index contributed by atoms with van der Waals surface area (Å²) >= 11 is 0. The number of aromatic nitrogens is 4. The SMILES string of the molecule is c1ccc(-n2c3ccccc3c3ccc(N4c5ccccc5Oc5ccc(-n6ncc7ccccc76)cc54)cc32)nc1. The van der Waals surface area contributed by atoms with Gasteiger partial charge in [-0.3, -0.25) is 4.57 Å². The molecule has 0 atom stereocenters. The Balaban J connectivity index is 1.29. The van der Waals surface area contributed by atoms with Crippen molar-refractivity contribution in [2.75, 3.05) is 4.90 Å².